The minimum absolute atomic E-state index is 0.186. The van der Waals surface area contributed by atoms with Crippen molar-refractivity contribution < 1.29 is 9.59 Å². The second kappa shape index (κ2) is 4.18. The monoisotopic (exact) mass is 216 g/mol. The lowest BCUT2D eigenvalue weighted by Gasteiger charge is -2.25. The van der Waals surface area contributed by atoms with Crippen LogP contribution in [0, 0.1) is 0 Å². The fourth-order valence-electron chi connectivity index (χ4n) is 1.75. The Morgan fingerprint density at radius 3 is 3.00 bits per heavy atom. The topological polar surface area (TPSA) is 58.2 Å². The Bertz CT molecular complexity index is 454. The summed E-state index contributed by atoms with van der Waals surface area (Å²) in [4.78, 5) is 22.9. The average Bonchev–Trinajstić information content (AvgIpc) is 2.32. The van der Waals surface area contributed by atoms with Gasteiger partial charge in [-0.05, 0) is 17.2 Å². The predicted molar refractivity (Wildman–Crippen MR) is 59.4 cm³/mol. The Morgan fingerprint density at radius 1 is 1.50 bits per heavy atom. The van der Waals surface area contributed by atoms with Gasteiger partial charge in [-0.25, -0.2) is 0 Å². The van der Waals surface area contributed by atoms with Crippen LogP contribution in [0.4, 0.5) is 0 Å². The molecule has 0 aromatic heterocycles. The normalized spacial score (nSPS) is 18.2. The van der Waals surface area contributed by atoms with Gasteiger partial charge in [0.15, 0.2) is 0 Å². The molecule has 1 aromatic rings. The molecule has 0 bridgehead atoms. The molecule has 0 saturated carbocycles. The first-order valence-electron chi connectivity index (χ1n) is 5.01. The minimum atomic E-state index is -0.615. The zero-order valence-corrected chi connectivity index (χ0v) is 8.69. The van der Waals surface area contributed by atoms with E-state index in [1.165, 1.54) is 0 Å². The van der Waals surface area contributed by atoms with Gasteiger partial charge in [-0.15, -0.1) is 0 Å². The number of amides is 2. The molecule has 0 aliphatic carbocycles. The molecule has 0 spiro atoms. The van der Waals surface area contributed by atoms with E-state index in [1.807, 2.05) is 24.3 Å². The summed E-state index contributed by atoms with van der Waals surface area (Å²) in [5.41, 5.74) is 1.87. The number of carbonyl (C=O) groups excluding carboxylic acids is 2. The first-order chi connectivity index (χ1) is 7.72. The lowest BCUT2D eigenvalue weighted by atomic mass is 9.96. The highest BCUT2D eigenvalue weighted by Gasteiger charge is 2.27. The maximum absolute atomic E-state index is 11.6. The second-order valence-corrected chi connectivity index (χ2v) is 3.56. The summed E-state index contributed by atoms with van der Waals surface area (Å²) in [6, 6.07) is 6.92. The van der Waals surface area contributed by atoms with Crippen LogP contribution in [0.3, 0.4) is 0 Å². The summed E-state index contributed by atoms with van der Waals surface area (Å²) in [5.74, 6) is -0.536. The molecule has 1 heterocycles. The Labute approximate surface area is 93.3 Å². The smallest absolute Gasteiger partial charge is 0.247 e. The van der Waals surface area contributed by atoms with Crippen LogP contribution in [0.5, 0.6) is 0 Å². The third-order valence-corrected chi connectivity index (χ3v) is 2.55. The standard InChI is InChI=1S/C12H12N2O2/c1-2-10(15)14-11-9-6-4-3-5-8(9)7-13-12(11)16/h2-6,11H,1,7H2,(H,13,16)(H,14,15). The number of benzene rings is 1. The largest absolute Gasteiger partial charge is 0.350 e. The molecular weight excluding hydrogens is 204 g/mol. The van der Waals surface area contributed by atoms with E-state index in [2.05, 4.69) is 17.2 Å². The van der Waals surface area contributed by atoms with Crippen molar-refractivity contribution in [3.8, 4) is 0 Å². The maximum atomic E-state index is 11.6. The molecule has 2 rings (SSSR count). The molecule has 4 heteroatoms. The third-order valence-electron chi connectivity index (χ3n) is 2.55. The first-order valence-corrected chi connectivity index (χ1v) is 5.01. The van der Waals surface area contributed by atoms with Crippen LogP contribution in [0.15, 0.2) is 36.9 Å². The van der Waals surface area contributed by atoms with Crippen LogP contribution in [-0.2, 0) is 16.1 Å². The Kier molecular flexibility index (Phi) is 2.72. The summed E-state index contributed by atoms with van der Waals surface area (Å²) in [6.45, 7) is 3.87. The predicted octanol–water partition coefficient (Wildman–Crippen LogP) is 0.660. The van der Waals surface area contributed by atoms with Crippen LogP contribution >= 0.6 is 0 Å². The SMILES string of the molecule is C=CC(=O)NC1C(=O)NCc2ccccc21. The summed E-state index contributed by atoms with van der Waals surface area (Å²) in [5, 5.41) is 5.34. The van der Waals surface area contributed by atoms with Crippen LogP contribution in [0.1, 0.15) is 17.2 Å². The van der Waals surface area contributed by atoms with Gasteiger partial charge in [0.05, 0.1) is 0 Å². The highest BCUT2D eigenvalue weighted by molar-refractivity contribution is 5.94. The molecule has 1 aromatic carbocycles. The van der Waals surface area contributed by atoms with Crippen molar-refractivity contribution in [3.05, 3.63) is 48.0 Å². The van der Waals surface area contributed by atoms with Crippen molar-refractivity contribution in [1.82, 2.24) is 10.6 Å². The van der Waals surface area contributed by atoms with E-state index in [-0.39, 0.29) is 11.8 Å². The van der Waals surface area contributed by atoms with Crippen molar-refractivity contribution in [3.63, 3.8) is 0 Å². The third kappa shape index (κ3) is 1.82. The lowest BCUT2D eigenvalue weighted by molar-refractivity contribution is -0.127. The van der Waals surface area contributed by atoms with Gasteiger partial charge >= 0.3 is 0 Å². The number of nitrogens with one attached hydrogen (secondary N) is 2. The number of hydrogen-bond donors (Lipinski definition) is 2. The fraction of sp³-hybridized carbons (Fsp3) is 0.167. The number of hydrogen-bond acceptors (Lipinski definition) is 2. The molecule has 2 amide bonds. The van der Waals surface area contributed by atoms with Gasteiger partial charge in [-0.2, -0.15) is 0 Å². The molecule has 82 valence electrons. The Hall–Kier alpha value is -2.10. The van der Waals surface area contributed by atoms with Gasteiger partial charge in [-0.3, -0.25) is 9.59 Å². The highest BCUT2D eigenvalue weighted by atomic mass is 16.2. The zero-order valence-electron chi connectivity index (χ0n) is 8.69. The second-order valence-electron chi connectivity index (χ2n) is 3.56. The van der Waals surface area contributed by atoms with E-state index in [4.69, 9.17) is 0 Å². The van der Waals surface area contributed by atoms with Crippen molar-refractivity contribution >= 4 is 11.8 Å². The van der Waals surface area contributed by atoms with Gasteiger partial charge in [0.2, 0.25) is 11.8 Å². The fourth-order valence-corrected chi connectivity index (χ4v) is 1.75. The van der Waals surface area contributed by atoms with Crippen molar-refractivity contribution in [1.29, 1.82) is 0 Å². The van der Waals surface area contributed by atoms with E-state index < -0.39 is 6.04 Å². The molecule has 0 radical (unpaired) electrons. The summed E-state index contributed by atoms with van der Waals surface area (Å²) < 4.78 is 0. The molecule has 1 aliphatic heterocycles. The zero-order chi connectivity index (χ0) is 11.5. The molecule has 16 heavy (non-hydrogen) atoms. The van der Waals surface area contributed by atoms with E-state index in [1.54, 1.807) is 0 Å². The lowest BCUT2D eigenvalue weighted by Crippen LogP contribution is -2.43. The molecule has 2 N–H and O–H groups in total. The van der Waals surface area contributed by atoms with Gasteiger partial charge in [0.1, 0.15) is 6.04 Å². The van der Waals surface area contributed by atoms with Gasteiger partial charge in [0.25, 0.3) is 0 Å². The highest BCUT2D eigenvalue weighted by Crippen LogP contribution is 2.22. The van der Waals surface area contributed by atoms with Crippen LogP contribution in [0.25, 0.3) is 0 Å². The minimum Gasteiger partial charge on any atom is -0.350 e. The molecule has 1 unspecified atom stereocenters. The van der Waals surface area contributed by atoms with Crippen molar-refractivity contribution in [2.24, 2.45) is 0 Å². The van der Waals surface area contributed by atoms with E-state index in [0.29, 0.717) is 6.54 Å². The maximum Gasteiger partial charge on any atom is 0.247 e. The molecular formula is C12H12N2O2. The van der Waals surface area contributed by atoms with E-state index in [0.717, 1.165) is 17.2 Å². The van der Waals surface area contributed by atoms with Gasteiger partial charge in [0, 0.05) is 6.54 Å². The first kappa shape index (κ1) is 10.4. The quantitative estimate of drug-likeness (QED) is 0.713. The number of fused-ring (bicyclic) bond motifs is 1. The summed E-state index contributed by atoms with van der Waals surface area (Å²) >= 11 is 0. The van der Waals surface area contributed by atoms with Crippen LogP contribution in [0.2, 0.25) is 0 Å². The van der Waals surface area contributed by atoms with E-state index in [9.17, 15) is 9.59 Å². The molecule has 0 fully saturated rings. The van der Waals surface area contributed by atoms with Crippen molar-refractivity contribution in [2.45, 2.75) is 12.6 Å². The summed E-state index contributed by atoms with van der Waals surface area (Å²) in [6.07, 6.45) is 1.16. The average molecular weight is 216 g/mol. The van der Waals surface area contributed by atoms with Crippen molar-refractivity contribution in [2.75, 3.05) is 0 Å². The van der Waals surface area contributed by atoms with E-state index >= 15 is 0 Å². The molecule has 1 aliphatic rings. The number of rotatable bonds is 2. The van der Waals surface area contributed by atoms with Gasteiger partial charge in [-0.1, -0.05) is 30.8 Å². The Balaban J connectivity index is 2.33. The van der Waals surface area contributed by atoms with Gasteiger partial charge < -0.3 is 10.6 Å². The molecule has 1 atom stereocenters. The Morgan fingerprint density at radius 2 is 2.25 bits per heavy atom. The number of carbonyl (C=O) groups is 2. The molecule has 4 nitrogen and oxygen atoms in total. The molecule has 0 saturated heterocycles. The summed E-state index contributed by atoms with van der Waals surface area (Å²) in [7, 11) is 0. The van der Waals surface area contributed by atoms with Crippen LogP contribution in [-0.4, -0.2) is 11.8 Å². The van der Waals surface area contributed by atoms with Crippen LogP contribution < -0.4 is 10.6 Å².